The van der Waals surface area contributed by atoms with E-state index in [4.69, 9.17) is 10.5 Å². The zero-order valence-electron chi connectivity index (χ0n) is 25.0. The van der Waals surface area contributed by atoms with Crippen LogP contribution in [0.25, 0.3) is 21.6 Å². The summed E-state index contributed by atoms with van der Waals surface area (Å²) in [7, 11) is 0. The number of hydrogen-bond acceptors (Lipinski definition) is 11. The number of ether oxygens (including phenoxy) is 1. The van der Waals surface area contributed by atoms with Crippen LogP contribution in [0.15, 0.2) is 101 Å². The first-order valence-corrected chi connectivity index (χ1v) is 16.2. The lowest BCUT2D eigenvalue weighted by molar-refractivity contribution is -0.121. The largest absolute Gasteiger partial charge is 0.454 e. The Hall–Kier alpha value is -6.08. The third kappa shape index (κ3) is 6.31. The Balaban J connectivity index is 1.11. The molecule has 1 aliphatic rings. The van der Waals surface area contributed by atoms with Crippen molar-refractivity contribution in [2.45, 2.75) is 16.7 Å². The SMILES string of the molecule is N#Cc1c(N)nc(SC2CC(=O)N(c3ccc(C(=O)OCC(=O)c4ccc(-c5ccccc5)cc4)cc3)C2=O)c(C#N)c1-c1cccs1. The summed E-state index contributed by atoms with van der Waals surface area (Å²) in [5, 5.41) is 20.7. The number of Topliss-reactive ketones (excluding diaryl/α,β-unsaturated/α-hetero) is 1. The lowest BCUT2D eigenvalue weighted by Gasteiger charge is -2.16. The molecule has 0 saturated carbocycles. The fourth-order valence-electron chi connectivity index (χ4n) is 5.18. The first-order chi connectivity index (χ1) is 23.3. The van der Waals surface area contributed by atoms with Gasteiger partial charge in [0.15, 0.2) is 12.4 Å². The number of aromatic nitrogens is 1. The molecule has 1 saturated heterocycles. The number of ketones is 1. The van der Waals surface area contributed by atoms with Crippen LogP contribution in [0.2, 0.25) is 0 Å². The van der Waals surface area contributed by atoms with Crippen LogP contribution in [-0.4, -0.2) is 40.4 Å². The highest BCUT2D eigenvalue weighted by molar-refractivity contribution is 8.00. The Bertz CT molecular complexity index is 2140. The average Bonchev–Trinajstić information content (AvgIpc) is 3.75. The number of rotatable bonds is 9. The van der Waals surface area contributed by atoms with E-state index < -0.39 is 29.6 Å². The molecule has 10 nitrogen and oxygen atoms in total. The van der Waals surface area contributed by atoms with Crippen molar-refractivity contribution in [1.29, 1.82) is 10.5 Å². The van der Waals surface area contributed by atoms with Gasteiger partial charge in [0.2, 0.25) is 11.8 Å². The topological polar surface area (TPSA) is 167 Å². The summed E-state index contributed by atoms with van der Waals surface area (Å²) in [6.45, 7) is -0.458. The second-order valence-electron chi connectivity index (χ2n) is 10.5. The Morgan fingerprint density at radius 3 is 2.21 bits per heavy atom. The molecule has 1 fully saturated rings. The van der Waals surface area contributed by atoms with E-state index in [0.717, 1.165) is 27.8 Å². The van der Waals surface area contributed by atoms with Crippen LogP contribution >= 0.6 is 23.1 Å². The summed E-state index contributed by atoms with van der Waals surface area (Å²) in [4.78, 5) is 57.7. The lowest BCUT2D eigenvalue weighted by Crippen LogP contribution is -2.31. The smallest absolute Gasteiger partial charge is 0.338 e. The first-order valence-electron chi connectivity index (χ1n) is 14.5. The van der Waals surface area contributed by atoms with Crippen LogP contribution in [0.4, 0.5) is 11.5 Å². The zero-order valence-corrected chi connectivity index (χ0v) is 26.6. The van der Waals surface area contributed by atoms with Crippen molar-refractivity contribution in [3.05, 3.63) is 119 Å². The van der Waals surface area contributed by atoms with Gasteiger partial charge in [-0.1, -0.05) is 72.4 Å². The Morgan fingerprint density at radius 2 is 1.56 bits per heavy atom. The second kappa shape index (κ2) is 13.7. The van der Waals surface area contributed by atoms with Crippen molar-refractivity contribution >= 4 is 58.2 Å². The van der Waals surface area contributed by atoms with Crippen molar-refractivity contribution in [2.75, 3.05) is 17.2 Å². The minimum absolute atomic E-state index is 0.0641. The molecule has 6 rings (SSSR count). The average molecular weight is 670 g/mol. The summed E-state index contributed by atoms with van der Waals surface area (Å²) >= 11 is 2.26. The molecule has 2 N–H and O–H groups in total. The van der Waals surface area contributed by atoms with Gasteiger partial charge in [0.1, 0.15) is 28.5 Å². The van der Waals surface area contributed by atoms with Crippen LogP contribution in [-0.2, 0) is 14.3 Å². The summed E-state index contributed by atoms with van der Waals surface area (Å²) in [5.74, 6) is -2.19. The van der Waals surface area contributed by atoms with Gasteiger partial charge in [0, 0.05) is 22.4 Å². The maximum atomic E-state index is 13.4. The second-order valence-corrected chi connectivity index (χ2v) is 12.6. The third-order valence-electron chi connectivity index (χ3n) is 7.55. The monoisotopic (exact) mass is 669 g/mol. The summed E-state index contributed by atoms with van der Waals surface area (Å²) < 4.78 is 5.23. The molecule has 1 unspecified atom stereocenters. The molecule has 0 bridgehead atoms. The predicted molar refractivity (Wildman–Crippen MR) is 181 cm³/mol. The number of hydrogen-bond donors (Lipinski definition) is 1. The minimum Gasteiger partial charge on any atom is -0.454 e. The van der Waals surface area contributed by atoms with Crippen molar-refractivity contribution < 1.29 is 23.9 Å². The number of pyridine rings is 1. The number of esters is 1. The number of nitrogens with two attached hydrogens (primary N) is 1. The van der Waals surface area contributed by atoms with E-state index in [1.54, 1.807) is 29.6 Å². The van der Waals surface area contributed by atoms with E-state index in [1.165, 1.54) is 35.6 Å². The predicted octanol–water partition coefficient (Wildman–Crippen LogP) is 6.27. The van der Waals surface area contributed by atoms with E-state index in [1.807, 2.05) is 48.5 Å². The van der Waals surface area contributed by atoms with Crippen molar-refractivity contribution in [3.8, 4) is 33.7 Å². The van der Waals surface area contributed by atoms with Gasteiger partial charge >= 0.3 is 5.97 Å². The molecule has 3 heterocycles. The number of benzene rings is 3. The molecule has 234 valence electrons. The van der Waals surface area contributed by atoms with Gasteiger partial charge in [0.05, 0.1) is 22.1 Å². The van der Waals surface area contributed by atoms with Crippen molar-refractivity contribution in [2.24, 2.45) is 0 Å². The Labute approximate surface area is 283 Å². The first kappa shape index (κ1) is 31.9. The molecule has 0 radical (unpaired) electrons. The highest BCUT2D eigenvalue weighted by Crippen LogP contribution is 2.41. The number of carbonyl (C=O) groups excluding carboxylic acids is 4. The van der Waals surface area contributed by atoms with Crippen LogP contribution in [0.5, 0.6) is 0 Å². The Morgan fingerprint density at radius 1 is 0.896 bits per heavy atom. The molecule has 0 aliphatic carbocycles. The number of thioether (sulfide) groups is 1. The number of amides is 2. The Kier molecular flexibility index (Phi) is 9.12. The highest BCUT2D eigenvalue weighted by Gasteiger charge is 2.41. The van der Waals surface area contributed by atoms with Crippen molar-refractivity contribution in [1.82, 2.24) is 4.98 Å². The van der Waals surface area contributed by atoms with E-state index >= 15 is 0 Å². The number of nitrogen functional groups attached to an aromatic ring is 1. The molecule has 3 aromatic carbocycles. The fraction of sp³-hybridized carbons (Fsp3) is 0.0833. The fourth-order valence-corrected chi connectivity index (χ4v) is 7.08. The third-order valence-corrected chi connectivity index (χ3v) is 9.61. The number of imide groups is 1. The van der Waals surface area contributed by atoms with E-state index in [0.29, 0.717) is 16.0 Å². The molecule has 2 amide bonds. The van der Waals surface area contributed by atoms with E-state index in [9.17, 15) is 29.7 Å². The molecule has 48 heavy (non-hydrogen) atoms. The number of anilines is 2. The van der Waals surface area contributed by atoms with Gasteiger partial charge in [-0.3, -0.25) is 14.4 Å². The molecular formula is C36H23N5O5S2. The molecule has 1 atom stereocenters. The maximum Gasteiger partial charge on any atom is 0.338 e. The van der Waals surface area contributed by atoms with Crippen LogP contribution in [0.1, 0.15) is 38.3 Å². The maximum absolute atomic E-state index is 13.4. The van der Waals surface area contributed by atoms with Crippen LogP contribution in [0.3, 0.4) is 0 Å². The van der Waals surface area contributed by atoms with Crippen LogP contribution < -0.4 is 10.6 Å². The van der Waals surface area contributed by atoms with E-state index in [-0.39, 0.29) is 45.4 Å². The molecule has 5 aromatic rings. The minimum atomic E-state index is -0.905. The van der Waals surface area contributed by atoms with Gasteiger partial charge in [-0.05, 0) is 46.8 Å². The number of carbonyl (C=O) groups is 4. The van der Waals surface area contributed by atoms with Gasteiger partial charge < -0.3 is 10.5 Å². The van der Waals surface area contributed by atoms with Gasteiger partial charge in [-0.25, -0.2) is 14.7 Å². The molecule has 12 heteroatoms. The standard InChI is InChI=1S/C36H23N5O5S2/c37-18-26-32(29-7-4-16-47-29)27(19-38)34(40-33(26)39)48-30-17-31(43)41(35(30)44)25-14-12-24(13-15-25)36(45)46-20-28(42)23-10-8-22(9-11-23)21-5-2-1-3-6-21/h1-16,30H,17,20H2,(H2,39,40). The molecule has 2 aromatic heterocycles. The highest BCUT2D eigenvalue weighted by atomic mass is 32.2. The van der Waals surface area contributed by atoms with Gasteiger partial charge in [-0.2, -0.15) is 10.5 Å². The summed E-state index contributed by atoms with van der Waals surface area (Å²) in [6, 6.07) is 30.1. The number of nitriles is 2. The quantitative estimate of drug-likeness (QED) is 0.107. The molecule has 0 spiro atoms. The zero-order chi connectivity index (χ0) is 33.8. The summed E-state index contributed by atoms with van der Waals surface area (Å²) in [6.07, 6.45) is -0.164. The van der Waals surface area contributed by atoms with Crippen LogP contribution in [0, 0.1) is 22.7 Å². The normalized spacial score (nSPS) is 14.0. The number of thiophene rings is 1. The van der Waals surface area contributed by atoms with Gasteiger partial charge in [-0.15, -0.1) is 11.3 Å². The van der Waals surface area contributed by atoms with Gasteiger partial charge in [0.25, 0.3) is 0 Å². The molecular weight excluding hydrogens is 647 g/mol. The lowest BCUT2D eigenvalue weighted by atomic mass is 10.0. The number of nitrogens with zero attached hydrogens (tertiary/aromatic N) is 4. The van der Waals surface area contributed by atoms with Crippen molar-refractivity contribution in [3.63, 3.8) is 0 Å². The van der Waals surface area contributed by atoms with E-state index in [2.05, 4.69) is 11.1 Å². The summed E-state index contributed by atoms with van der Waals surface area (Å²) in [5.41, 5.74) is 9.32. The molecule has 1 aliphatic heterocycles.